The predicted octanol–water partition coefficient (Wildman–Crippen LogP) is 3.62. The number of rotatable bonds is 6. The Morgan fingerprint density at radius 1 is 0.875 bits per heavy atom. The van der Waals surface area contributed by atoms with E-state index < -0.39 is 15.8 Å². The minimum absolute atomic E-state index is 0.114. The van der Waals surface area contributed by atoms with E-state index in [4.69, 9.17) is 9.47 Å². The van der Waals surface area contributed by atoms with Gasteiger partial charge in [0.15, 0.2) is 5.75 Å². The largest absolute Gasteiger partial charge is 0.497 e. The Labute approximate surface area is 183 Å². The summed E-state index contributed by atoms with van der Waals surface area (Å²) in [4.78, 5) is 12.3. The van der Waals surface area contributed by atoms with Gasteiger partial charge in [0.2, 0.25) is 0 Å². The highest BCUT2D eigenvalue weighted by molar-refractivity contribution is 7.92. The number of ether oxygens (including phenoxy) is 2. The van der Waals surface area contributed by atoms with Crippen molar-refractivity contribution < 1.29 is 22.3 Å². The molecular weight excluding hydrogens is 437 g/mol. The molecule has 0 fully saturated rings. The summed E-state index contributed by atoms with van der Waals surface area (Å²) in [5, 5.41) is 0. The van der Waals surface area contributed by atoms with Crippen LogP contribution in [0, 0.1) is 5.82 Å². The normalized spacial score (nSPS) is 11.5. The summed E-state index contributed by atoms with van der Waals surface area (Å²) >= 11 is 0. The van der Waals surface area contributed by atoms with Crippen molar-refractivity contribution in [2.24, 2.45) is 14.1 Å². The third-order valence-corrected chi connectivity index (χ3v) is 6.41. The van der Waals surface area contributed by atoms with E-state index in [1.807, 2.05) is 0 Å². The Balaban J connectivity index is 1.82. The van der Waals surface area contributed by atoms with Crippen LogP contribution in [0.1, 0.15) is 0 Å². The van der Waals surface area contributed by atoms with Crippen LogP contribution in [-0.2, 0) is 24.1 Å². The first-order valence-corrected chi connectivity index (χ1v) is 11.0. The Hall–Kier alpha value is -3.79. The molecule has 0 aliphatic rings. The van der Waals surface area contributed by atoms with Crippen molar-refractivity contribution >= 4 is 26.7 Å². The predicted molar refractivity (Wildman–Crippen MR) is 118 cm³/mol. The summed E-state index contributed by atoms with van der Waals surface area (Å²) in [6.07, 6.45) is 0. The molecule has 0 aliphatic heterocycles. The van der Waals surface area contributed by atoms with Crippen LogP contribution in [0.5, 0.6) is 17.2 Å². The van der Waals surface area contributed by atoms with Gasteiger partial charge in [0.05, 0.1) is 28.7 Å². The molecule has 1 heterocycles. The van der Waals surface area contributed by atoms with Crippen molar-refractivity contribution in [2.75, 3.05) is 11.8 Å². The Bertz CT molecular complexity index is 1460. The van der Waals surface area contributed by atoms with Gasteiger partial charge < -0.3 is 9.47 Å². The molecule has 0 radical (unpaired) electrons. The molecule has 0 atom stereocenters. The van der Waals surface area contributed by atoms with Crippen LogP contribution in [-0.4, -0.2) is 24.7 Å². The topological polar surface area (TPSA) is 91.6 Å². The monoisotopic (exact) mass is 457 g/mol. The highest BCUT2D eigenvalue weighted by Crippen LogP contribution is 2.35. The number of hydrogen-bond donors (Lipinski definition) is 1. The highest BCUT2D eigenvalue weighted by Gasteiger charge is 2.20. The van der Waals surface area contributed by atoms with Gasteiger partial charge in [-0.15, -0.1) is 0 Å². The molecule has 0 saturated carbocycles. The fourth-order valence-corrected chi connectivity index (χ4v) is 4.34. The molecule has 3 aromatic carbocycles. The number of sulfonamides is 1. The molecule has 0 saturated heterocycles. The van der Waals surface area contributed by atoms with E-state index in [0.29, 0.717) is 22.5 Å². The first kappa shape index (κ1) is 21.4. The number of nitrogens with zero attached hydrogens (tertiary/aromatic N) is 2. The average molecular weight is 457 g/mol. The number of hydrogen-bond acceptors (Lipinski definition) is 5. The summed E-state index contributed by atoms with van der Waals surface area (Å²) in [6.45, 7) is 0. The summed E-state index contributed by atoms with van der Waals surface area (Å²) in [5.74, 6) is 0.714. The summed E-state index contributed by atoms with van der Waals surface area (Å²) in [6, 6.07) is 14.3. The number of imidazole rings is 1. The number of fused-ring (bicyclic) bond motifs is 1. The molecule has 32 heavy (non-hydrogen) atoms. The number of nitrogens with one attached hydrogen (secondary N) is 1. The van der Waals surface area contributed by atoms with Gasteiger partial charge in [-0.1, -0.05) is 0 Å². The van der Waals surface area contributed by atoms with Gasteiger partial charge in [-0.25, -0.2) is 17.6 Å². The standard InChI is InChI=1S/C22H20FN3O5S/c1-25-19-12-18(24-32(28,29)17-10-4-14(23)5-11-17)21(13-20(19)26(2)22(25)27)31-16-8-6-15(30-3)7-9-16/h4-13,24H,1-3H3. The molecule has 4 aromatic rings. The molecule has 1 aromatic heterocycles. The molecule has 1 N–H and O–H groups in total. The number of anilines is 1. The van der Waals surface area contributed by atoms with Crippen molar-refractivity contribution in [1.82, 2.24) is 9.13 Å². The van der Waals surface area contributed by atoms with Crippen LogP contribution >= 0.6 is 0 Å². The van der Waals surface area contributed by atoms with Gasteiger partial charge >= 0.3 is 5.69 Å². The van der Waals surface area contributed by atoms with Crippen LogP contribution in [0.3, 0.4) is 0 Å². The molecule has 166 valence electrons. The lowest BCUT2D eigenvalue weighted by Gasteiger charge is -2.15. The SMILES string of the molecule is COc1ccc(Oc2cc3c(cc2NS(=O)(=O)c2ccc(F)cc2)n(C)c(=O)n3C)cc1. The lowest BCUT2D eigenvalue weighted by atomic mass is 10.2. The summed E-state index contributed by atoms with van der Waals surface area (Å²) in [7, 11) is 0.698. The second-order valence-electron chi connectivity index (χ2n) is 7.07. The van der Waals surface area contributed by atoms with Gasteiger partial charge in [-0.3, -0.25) is 13.9 Å². The maximum atomic E-state index is 13.2. The minimum Gasteiger partial charge on any atom is -0.497 e. The Kier molecular flexibility index (Phi) is 5.39. The van der Waals surface area contributed by atoms with Crippen LogP contribution in [0.2, 0.25) is 0 Å². The van der Waals surface area contributed by atoms with E-state index in [-0.39, 0.29) is 22.0 Å². The first-order chi connectivity index (χ1) is 15.2. The molecule has 4 rings (SSSR count). The second kappa shape index (κ2) is 8.04. The number of aromatic nitrogens is 2. The van der Waals surface area contributed by atoms with Crippen LogP contribution in [0.4, 0.5) is 10.1 Å². The number of aryl methyl sites for hydroxylation is 2. The van der Waals surface area contributed by atoms with Gasteiger partial charge in [0.1, 0.15) is 17.3 Å². The molecule has 8 nitrogen and oxygen atoms in total. The van der Waals surface area contributed by atoms with E-state index in [1.165, 1.54) is 27.3 Å². The lowest BCUT2D eigenvalue weighted by molar-refractivity contribution is 0.413. The molecule has 0 unspecified atom stereocenters. The van der Waals surface area contributed by atoms with Crippen LogP contribution in [0.25, 0.3) is 11.0 Å². The van der Waals surface area contributed by atoms with E-state index in [0.717, 1.165) is 12.1 Å². The third kappa shape index (κ3) is 3.92. The average Bonchev–Trinajstić information content (AvgIpc) is 2.98. The molecule has 0 bridgehead atoms. The third-order valence-electron chi connectivity index (χ3n) is 5.03. The van der Waals surface area contributed by atoms with E-state index >= 15 is 0 Å². The second-order valence-corrected chi connectivity index (χ2v) is 8.76. The Morgan fingerprint density at radius 2 is 1.44 bits per heavy atom. The molecule has 0 spiro atoms. The molecule has 10 heteroatoms. The number of methoxy groups -OCH3 is 1. The van der Waals surface area contributed by atoms with Gasteiger partial charge in [-0.05, 0) is 54.6 Å². The van der Waals surface area contributed by atoms with E-state index in [1.54, 1.807) is 51.5 Å². The van der Waals surface area contributed by atoms with Crippen molar-refractivity contribution in [1.29, 1.82) is 0 Å². The van der Waals surface area contributed by atoms with Gasteiger partial charge in [0, 0.05) is 20.2 Å². The maximum absolute atomic E-state index is 13.2. The van der Waals surface area contributed by atoms with Crippen molar-refractivity contribution in [3.8, 4) is 17.2 Å². The quantitative estimate of drug-likeness (QED) is 0.478. The van der Waals surface area contributed by atoms with Gasteiger partial charge in [-0.2, -0.15) is 0 Å². The smallest absolute Gasteiger partial charge is 0.328 e. The fraction of sp³-hybridized carbons (Fsp3) is 0.136. The zero-order chi connectivity index (χ0) is 23.0. The lowest BCUT2D eigenvalue weighted by Crippen LogP contribution is -2.19. The fourth-order valence-electron chi connectivity index (χ4n) is 3.28. The van der Waals surface area contributed by atoms with Crippen LogP contribution < -0.4 is 19.9 Å². The number of benzene rings is 3. The molecule has 0 amide bonds. The zero-order valence-electron chi connectivity index (χ0n) is 17.5. The summed E-state index contributed by atoms with van der Waals surface area (Å²) in [5.41, 5.74) is 0.926. The highest BCUT2D eigenvalue weighted by atomic mass is 32.2. The van der Waals surface area contributed by atoms with E-state index in [2.05, 4.69) is 4.72 Å². The molecule has 0 aliphatic carbocycles. The van der Waals surface area contributed by atoms with Crippen molar-refractivity contribution in [3.05, 3.63) is 77.0 Å². The zero-order valence-corrected chi connectivity index (χ0v) is 18.3. The maximum Gasteiger partial charge on any atom is 0.328 e. The molecular formula is C22H20FN3O5S. The summed E-state index contributed by atoms with van der Waals surface area (Å²) < 4.78 is 55.5. The van der Waals surface area contributed by atoms with Crippen molar-refractivity contribution in [2.45, 2.75) is 4.90 Å². The van der Waals surface area contributed by atoms with Gasteiger partial charge in [0.25, 0.3) is 10.0 Å². The number of halogens is 1. The Morgan fingerprint density at radius 3 is 2.03 bits per heavy atom. The first-order valence-electron chi connectivity index (χ1n) is 9.49. The van der Waals surface area contributed by atoms with Crippen LogP contribution in [0.15, 0.2) is 70.4 Å². The van der Waals surface area contributed by atoms with Crippen molar-refractivity contribution in [3.63, 3.8) is 0 Å². The van der Waals surface area contributed by atoms with E-state index in [9.17, 15) is 17.6 Å². The minimum atomic E-state index is -4.05.